The Balaban J connectivity index is 0.00000196. The molecular formula is C19H15Cl3N2O2. The standard InChI is InChI=1S/C19H14Cl2N2O2.ClH/c20-13-4-1-11(2-5-13)18-10-16(19(24)25)22-23(18)17-8-3-12-9-14(21)6-7-15(12)17;/h1-2,4-7,9-10,17H,3,8H2,(H,24,25);1H. The van der Waals surface area contributed by atoms with Gasteiger partial charge in [0.1, 0.15) is 0 Å². The quantitative estimate of drug-likeness (QED) is 0.620. The van der Waals surface area contributed by atoms with E-state index >= 15 is 0 Å². The Kier molecular flexibility index (Phi) is 5.28. The Morgan fingerprint density at radius 3 is 2.46 bits per heavy atom. The van der Waals surface area contributed by atoms with Gasteiger partial charge in [-0.05, 0) is 59.9 Å². The van der Waals surface area contributed by atoms with Gasteiger partial charge in [-0.25, -0.2) is 4.79 Å². The summed E-state index contributed by atoms with van der Waals surface area (Å²) < 4.78 is 1.81. The van der Waals surface area contributed by atoms with Gasteiger partial charge in [0, 0.05) is 10.0 Å². The molecule has 0 bridgehead atoms. The number of fused-ring (bicyclic) bond motifs is 1. The predicted molar refractivity (Wildman–Crippen MR) is 105 cm³/mol. The number of aryl methyl sites for hydroxylation is 1. The van der Waals surface area contributed by atoms with Crippen molar-refractivity contribution in [1.29, 1.82) is 0 Å². The van der Waals surface area contributed by atoms with Crippen LogP contribution in [0.25, 0.3) is 11.3 Å². The van der Waals surface area contributed by atoms with Gasteiger partial charge in [-0.3, -0.25) is 4.68 Å². The molecule has 0 amide bonds. The first-order valence-electron chi connectivity index (χ1n) is 7.90. The smallest absolute Gasteiger partial charge is 0.356 e. The molecule has 2 aromatic carbocycles. The van der Waals surface area contributed by atoms with E-state index in [2.05, 4.69) is 5.10 Å². The number of carboxylic acid groups (broad SMARTS) is 1. The largest absolute Gasteiger partial charge is 0.476 e. The molecule has 7 heteroatoms. The van der Waals surface area contributed by atoms with Crippen LogP contribution >= 0.6 is 35.6 Å². The van der Waals surface area contributed by atoms with Gasteiger partial charge in [-0.2, -0.15) is 5.10 Å². The Morgan fingerprint density at radius 1 is 1.08 bits per heavy atom. The SMILES string of the molecule is Cl.O=C(O)c1cc(-c2ccc(Cl)cc2)n(C2CCc3cc(Cl)ccc32)n1. The van der Waals surface area contributed by atoms with Gasteiger partial charge in [0.2, 0.25) is 0 Å². The normalized spacial score (nSPS) is 15.4. The van der Waals surface area contributed by atoms with E-state index in [4.69, 9.17) is 23.2 Å². The highest BCUT2D eigenvalue weighted by molar-refractivity contribution is 6.30. The van der Waals surface area contributed by atoms with Crippen molar-refractivity contribution >= 4 is 41.6 Å². The van der Waals surface area contributed by atoms with E-state index in [0.29, 0.717) is 10.0 Å². The Bertz CT molecular complexity index is 967. The molecule has 1 N–H and O–H groups in total. The molecule has 1 aliphatic carbocycles. The topological polar surface area (TPSA) is 55.1 Å². The van der Waals surface area contributed by atoms with Crippen LogP contribution in [0.5, 0.6) is 0 Å². The lowest BCUT2D eigenvalue weighted by atomic mass is 10.1. The van der Waals surface area contributed by atoms with Gasteiger partial charge in [-0.15, -0.1) is 12.4 Å². The first kappa shape index (κ1) is 18.8. The van der Waals surface area contributed by atoms with Crippen LogP contribution in [0.15, 0.2) is 48.5 Å². The second kappa shape index (κ2) is 7.31. The molecule has 1 unspecified atom stereocenters. The van der Waals surface area contributed by atoms with Gasteiger partial charge in [-0.1, -0.05) is 41.4 Å². The summed E-state index contributed by atoms with van der Waals surface area (Å²) in [6.07, 6.45) is 1.75. The minimum atomic E-state index is -1.04. The summed E-state index contributed by atoms with van der Waals surface area (Å²) in [6, 6.07) is 14.8. The zero-order valence-corrected chi connectivity index (χ0v) is 15.9. The summed E-state index contributed by atoms with van der Waals surface area (Å²) in [5.74, 6) is -1.04. The fraction of sp³-hybridized carbons (Fsp3) is 0.158. The maximum atomic E-state index is 11.4. The van der Waals surface area contributed by atoms with Gasteiger partial charge in [0.05, 0.1) is 11.7 Å². The van der Waals surface area contributed by atoms with Gasteiger partial charge >= 0.3 is 5.97 Å². The maximum absolute atomic E-state index is 11.4. The lowest BCUT2D eigenvalue weighted by Gasteiger charge is -2.16. The lowest BCUT2D eigenvalue weighted by Crippen LogP contribution is -2.11. The molecule has 4 nitrogen and oxygen atoms in total. The number of halogens is 3. The first-order chi connectivity index (χ1) is 12.0. The zero-order chi connectivity index (χ0) is 17.6. The molecule has 0 saturated carbocycles. The van der Waals surface area contributed by atoms with Gasteiger partial charge < -0.3 is 5.11 Å². The fourth-order valence-electron chi connectivity index (χ4n) is 3.39. The second-order valence-corrected chi connectivity index (χ2v) is 6.94. The van der Waals surface area contributed by atoms with Crippen molar-refractivity contribution in [2.24, 2.45) is 0 Å². The van der Waals surface area contributed by atoms with Crippen LogP contribution in [-0.2, 0) is 6.42 Å². The number of aromatic carboxylic acids is 1. The molecule has 3 aromatic rings. The van der Waals surface area contributed by atoms with Crippen molar-refractivity contribution in [3.8, 4) is 11.3 Å². The number of hydrogen-bond acceptors (Lipinski definition) is 2. The molecule has 26 heavy (non-hydrogen) atoms. The molecule has 0 aliphatic heterocycles. The molecule has 1 heterocycles. The van der Waals surface area contributed by atoms with E-state index in [9.17, 15) is 9.90 Å². The van der Waals surface area contributed by atoms with E-state index in [1.807, 2.05) is 35.0 Å². The number of carbonyl (C=O) groups is 1. The average Bonchev–Trinajstić information content (AvgIpc) is 3.19. The Hall–Kier alpha value is -2.01. The third kappa shape index (κ3) is 3.32. The molecule has 4 rings (SSSR count). The zero-order valence-electron chi connectivity index (χ0n) is 13.5. The molecule has 0 spiro atoms. The number of rotatable bonds is 3. The predicted octanol–water partition coefficient (Wildman–Crippen LogP) is 5.51. The van der Waals surface area contributed by atoms with Crippen molar-refractivity contribution < 1.29 is 9.90 Å². The van der Waals surface area contributed by atoms with Crippen LogP contribution in [0.2, 0.25) is 10.0 Å². The third-order valence-corrected chi connectivity index (χ3v) is 5.03. The van der Waals surface area contributed by atoms with E-state index in [0.717, 1.165) is 29.7 Å². The minimum absolute atomic E-state index is 0. The summed E-state index contributed by atoms with van der Waals surface area (Å²) in [5.41, 5.74) is 4.01. The Labute approximate surface area is 166 Å². The molecule has 1 atom stereocenters. The van der Waals surface area contributed by atoms with Crippen molar-refractivity contribution in [3.05, 3.63) is 75.4 Å². The minimum Gasteiger partial charge on any atom is -0.476 e. The van der Waals surface area contributed by atoms with Crippen LogP contribution in [0.3, 0.4) is 0 Å². The highest BCUT2D eigenvalue weighted by Gasteiger charge is 2.28. The Morgan fingerprint density at radius 2 is 1.77 bits per heavy atom. The van der Waals surface area contributed by atoms with Crippen molar-refractivity contribution in [2.45, 2.75) is 18.9 Å². The van der Waals surface area contributed by atoms with Crippen molar-refractivity contribution in [1.82, 2.24) is 9.78 Å². The van der Waals surface area contributed by atoms with Gasteiger partial charge in [0.15, 0.2) is 5.69 Å². The van der Waals surface area contributed by atoms with Gasteiger partial charge in [0.25, 0.3) is 0 Å². The molecule has 0 fully saturated rings. The number of carboxylic acids is 1. The van der Waals surface area contributed by atoms with Crippen molar-refractivity contribution in [2.75, 3.05) is 0 Å². The highest BCUT2D eigenvalue weighted by atomic mass is 35.5. The molecule has 1 aliphatic rings. The summed E-state index contributed by atoms with van der Waals surface area (Å²) in [7, 11) is 0. The van der Waals surface area contributed by atoms with Crippen molar-refractivity contribution in [3.63, 3.8) is 0 Å². The summed E-state index contributed by atoms with van der Waals surface area (Å²) in [6.45, 7) is 0. The third-order valence-electron chi connectivity index (χ3n) is 4.54. The average molecular weight is 410 g/mol. The van der Waals surface area contributed by atoms with E-state index in [1.165, 1.54) is 5.56 Å². The number of nitrogens with zero attached hydrogens (tertiary/aromatic N) is 2. The van der Waals surface area contributed by atoms with Crippen LogP contribution in [0, 0.1) is 0 Å². The summed E-state index contributed by atoms with van der Waals surface area (Å²) >= 11 is 12.1. The number of benzene rings is 2. The van der Waals surface area contributed by atoms with E-state index in [-0.39, 0.29) is 24.1 Å². The van der Waals surface area contributed by atoms with Crippen LogP contribution < -0.4 is 0 Å². The van der Waals surface area contributed by atoms with E-state index < -0.39 is 5.97 Å². The van der Waals surface area contributed by atoms with Crippen LogP contribution in [-0.4, -0.2) is 20.9 Å². The summed E-state index contributed by atoms with van der Waals surface area (Å²) in [5, 5.41) is 15.1. The van der Waals surface area contributed by atoms with Crippen LogP contribution in [0.1, 0.15) is 34.1 Å². The first-order valence-corrected chi connectivity index (χ1v) is 8.65. The molecule has 1 aromatic heterocycles. The van der Waals surface area contributed by atoms with Crippen LogP contribution in [0.4, 0.5) is 0 Å². The highest BCUT2D eigenvalue weighted by Crippen LogP contribution is 2.38. The monoisotopic (exact) mass is 408 g/mol. The fourth-order valence-corrected chi connectivity index (χ4v) is 3.71. The molecular weight excluding hydrogens is 395 g/mol. The lowest BCUT2D eigenvalue weighted by molar-refractivity contribution is 0.0689. The maximum Gasteiger partial charge on any atom is 0.356 e. The number of hydrogen-bond donors (Lipinski definition) is 1. The molecule has 134 valence electrons. The number of aromatic nitrogens is 2. The summed E-state index contributed by atoms with van der Waals surface area (Å²) in [4.78, 5) is 11.4. The molecule has 0 saturated heterocycles. The second-order valence-electron chi connectivity index (χ2n) is 6.07. The van der Waals surface area contributed by atoms with E-state index in [1.54, 1.807) is 18.2 Å². The molecule has 0 radical (unpaired) electrons.